The Balaban J connectivity index is 0.000000214. The molecule has 2 fully saturated rings. The van der Waals surface area contributed by atoms with Crippen molar-refractivity contribution in [2.24, 2.45) is 17.3 Å². The van der Waals surface area contributed by atoms with Crippen molar-refractivity contribution in [3.05, 3.63) is 472 Å². The standard InChI is InChI=1S/C22H24N.2C19H16N.C18H14N.C16H26O2.C14H14N.2C13H12N.4Ir/c1-15-11-16(2)13-18(12-15)20-10-9-19-17(14-22(3,4)5)7-6-8-21(19)23-20;2*1-14-8-10-16(11-9-14)18-13-20-19(12-15(18)2)17-6-4-3-5-7-17;1-14-12-18(16-10-6-3-7-11-16)19-13-17(14)15-8-4-2-5-9-15;1-12(15(17)13-8-4-2-5-9-13)16(18)14-10-6-3-7-11-14;1-10-4-6-13(7-5-10)14-8-11(2)12(3)9-15-14;2*1-10-3-6-12(7-4-10)13-8-5-11(2)9-14-13;;;;/h6-12H,14H2,1-5H3;2*3-6,8-13H,1-2H3;2-10,12-13H,1H3;13-14,17H,2-11H2,1H3;4-6,8-9H,1-3H3;2*3-6,8-9H,1-2H3;;;;/q4*-1;;3*-1;;;;/i;2*1D3;;;1D3,3D3;2*1D3,2D3;;;;. The summed E-state index contributed by atoms with van der Waals surface area (Å²) in [5.41, 5.74) is 29.3. The van der Waals surface area contributed by atoms with E-state index in [1.54, 1.807) is 67.6 Å². The molecule has 1 N–H and O–H groups in total. The molecular weight excluding hydrogens is 2510 g/mol. The van der Waals surface area contributed by atoms with Crippen LogP contribution in [-0.2, 0) is 91.6 Å². The van der Waals surface area contributed by atoms with Crippen LogP contribution in [0.5, 0.6) is 0 Å². The molecule has 0 spiro atoms. The van der Waals surface area contributed by atoms with Crippen molar-refractivity contribution >= 4 is 16.7 Å². The number of aliphatic hydroxyl groups excluding tert-OH is 1. The van der Waals surface area contributed by atoms with Crippen molar-refractivity contribution < 1.29 is 123 Å². The quantitative estimate of drug-likeness (QED) is 0.0643. The molecule has 2 aliphatic rings. The van der Waals surface area contributed by atoms with E-state index < -0.39 is 54.8 Å². The van der Waals surface area contributed by atoms with E-state index >= 15 is 0 Å². The van der Waals surface area contributed by atoms with Crippen LogP contribution in [0.4, 0.5) is 0 Å². The zero-order chi connectivity index (χ0) is 121. The summed E-state index contributed by atoms with van der Waals surface area (Å²) in [4.78, 5) is 43.1. The Kier molecular flexibility index (Phi) is 34.7. The molecule has 7 aromatic heterocycles. The second-order valence-corrected chi connectivity index (χ2v) is 36.9. The molecule has 2 aliphatic carbocycles. The average molecular weight is 2670 g/mol. The normalized spacial score (nSPS) is 15.2. The number of rotatable bonds is 14. The molecule has 147 heavy (non-hydrogen) atoms. The summed E-state index contributed by atoms with van der Waals surface area (Å²) in [6.45, 7) is 3.58. The zero-order valence-corrected chi connectivity index (χ0v) is 93.6. The smallest absolute Gasteiger partial charge is 0.164 e. The van der Waals surface area contributed by atoms with Gasteiger partial charge in [0.15, 0.2) is 5.78 Å². The fourth-order valence-electron chi connectivity index (χ4n) is 16.8. The molecule has 7 heterocycles. The number of hydrogen-bond donors (Lipinski definition) is 1. The third-order valence-corrected chi connectivity index (χ3v) is 24.4. The summed E-state index contributed by atoms with van der Waals surface area (Å²) in [7, 11) is 0. The maximum absolute atomic E-state index is 12.4. The molecular formula is C134H134Ir4N7O2-7. The predicted octanol–water partition coefficient (Wildman–Crippen LogP) is 34.4. The second kappa shape index (κ2) is 58.9. The number of aryl methyl sites for hydroxylation is 14. The van der Waals surface area contributed by atoms with Crippen LogP contribution in [0.25, 0.3) is 123 Å². The van der Waals surface area contributed by atoms with Gasteiger partial charge in [0, 0.05) is 190 Å². The van der Waals surface area contributed by atoms with Gasteiger partial charge in [0.25, 0.3) is 0 Å². The van der Waals surface area contributed by atoms with E-state index in [2.05, 4.69) is 175 Å². The first-order valence-electron chi connectivity index (χ1n) is 60.1. The van der Waals surface area contributed by atoms with E-state index in [1.807, 2.05) is 167 Å². The van der Waals surface area contributed by atoms with Crippen LogP contribution in [0.2, 0.25) is 0 Å². The fourth-order valence-corrected chi connectivity index (χ4v) is 16.8. The largest absolute Gasteiger partial charge is 0.512 e. The molecule has 11 aromatic carbocycles. The van der Waals surface area contributed by atoms with E-state index in [9.17, 15) is 9.90 Å². The third kappa shape index (κ3) is 35.9. The number of ketones is 1. The second-order valence-electron chi connectivity index (χ2n) is 36.9. The van der Waals surface area contributed by atoms with Crippen molar-refractivity contribution in [2.45, 2.75) is 195 Å². The number of fused-ring (bicyclic) bond motifs is 1. The van der Waals surface area contributed by atoms with Gasteiger partial charge in [-0.3, -0.25) is 9.78 Å². The summed E-state index contributed by atoms with van der Waals surface area (Å²) in [6.07, 6.45) is 22.0. The maximum Gasteiger partial charge on any atom is 0.164 e. The maximum atomic E-state index is 12.4. The van der Waals surface area contributed by atoms with Crippen molar-refractivity contribution in [3.63, 3.8) is 0 Å². The Bertz CT molecular complexity index is 7780. The minimum atomic E-state index is -2.19. The summed E-state index contributed by atoms with van der Waals surface area (Å²) in [6, 6.07) is 112. The van der Waals surface area contributed by atoms with Crippen LogP contribution in [0.15, 0.2) is 346 Å². The minimum absolute atomic E-state index is 0. The first-order chi connectivity index (χ1) is 78.7. The molecule has 13 heteroatoms. The zero-order valence-electron chi connectivity index (χ0n) is 108. The molecule has 18 aromatic rings. The number of hydrogen-bond acceptors (Lipinski definition) is 9. The molecule has 20 rings (SSSR count). The topological polar surface area (TPSA) is 128 Å². The molecule has 2 saturated carbocycles. The monoisotopic (exact) mass is 2670 g/mol. The first-order valence-corrected chi connectivity index (χ1v) is 48.1. The number of carbonyl (C=O) groups excluding carboxylic acids is 1. The number of aliphatic hydroxyl groups is 1. The van der Waals surface area contributed by atoms with E-state index in [0.29, 0.717) is 61.8 Å². The number of carbonyl (C=O) groups is 1. The van der Waals surface area contributed by atoms with Gasteiger partial charge in [-0.1, -0.05) is 262 Å². The molecule has 760 valence electrons. The number of nitrogens with zero attached hydrogens (tertiary/aromatic N) is 7. The van der Waals surface area contributed by atoms with E-state index in [4.69, 9.17) is 37.9 Å². The van der Waals surface area contributed by atoms with E-state index in [0.717, 1.165) is 122 Å². The molecule has 0 amide bonds. The number of benzene rings is 11. The Labute approximate surface area is 963 Å². The van der Waals surface area contributed by atoms with E-state index in [-0.39, 0.29) is 137 Å². The Hall–Kier alpha value is -12.5. The summed E-state index contributed by atoms with van der Waals surface area (Å²) >= 11 is 0. The molecule has 0 atom stereocenters. The van der Waals surface area contributed by atoms with Crippen molar-refractivity contribution in [2.75, 3.05) is 0 Å². The Morgan fingerprint density at radius 2 is 0.714 bits per heavy atom. The number of pyridine rings is 7. The van der Waals surface area contributed by atoms with Gasteiger partial charge < -0.3 is 35.0 Å². The van der Waals surface area contributed by atoms with Gasteiger partial charge in [-0.25, -0.2) is 0 Å². The molecule has 0 unspecified atom stereocenters. The SMILES string of the molecule is CC(C(=O)C1CCCCC1)=C(O)C1CCCCC1.Cc1[c-]c(-c2ccc3c(CC(C)(C)C)cccc3n2)cc(C)c1.Cc1cc(-c2[c-]cccc2)ncc1-c1ccccc1.[2H]C([2H])([2H])c1c[c-]c(-c2cc(C)c(C([2H])([2H])[2H])cn2)cc1.[2H]C([2H])([2H])c1c[c-]c(-c2ccc(C([2H])([2H])[2H])cn2)cc1.[2H]C([2H])([2H])c1c[c-]c(-c2ccc(C([2H])([2H])[2H])cn2)cc1.[2H]C([2H])([2H])c1ccc(-c2cnc(-c3[c-]cccc3)cc2C)cc1.[2H]C([2H])([2H])c1ccc(-c2cnc(-c3[c-]cccc3)cc2C)cc1.[Ir].[Ir].[Ir].[Ir]. The third-order valence-electron chi connectivity index (χ3n) is 24.4. The van der Waals surface area contributed by atoms with Gasteiger partial charge >= 0.3 is 0 Å². The molecule has 0 bridgehead atoms. The van der Waals surface area contributed by atoms with Gasteiger partial charge in [0.1, 0.15) is 5.76 Å². The van der Waals surface area contributed by atoms with Gasteiger partial charge in [-0.05, 0) is 208 Å². The molecule has 0 aliphatic heterocycles. The summed E-state index contributed by atoms with van der Waals surface area (Å²) < 4.78 is 176. The van der Waals surface area contributed by atoms with E-state index in [1.165, 1.54) is 139 Å². The van der Waals surface area contributed by atoms with Crippen molar-refractivity contribution in [3.8, 4) is 112 Å². The van der Waals surface area contributed by atoms with Crippen LogP contribution in [0, 0.1) is 156 Å². The van der Waals surface area contributed by atoms with Crippen LogP contribution >= 0.6 is 0 Å². The minimum Gasteiger partial charge on any atom is -0.512 e. The van der Waals surface area contributed by atoms with Gasteiger partial charge in [0.05, 0.1) is 5.52 Å². The molecule has 0 saturated heterocycles. The Morgan fingerprint density at radius 3 is 1.09 bits per heavy atom. The number of aromatic nitrogens is 7. The average Bonchev–Trinajstić information content (AvgIpc) is 0.801. The molecule has 4 radical (unpaired) electrons. The van der Waals surface area contributed by atoms with Crippen molar-refractivity contribution in [1.82, 2.24) is 34.9 Å². The van der Waals surface area contributed by atoms with Crippen LogP contribution in [0.3, 0.4) is 0 Å². The number of Topliss-reactive ketones (excluding diaryl/α,β-unsaturated/α-hetero) is 1. The van der Waals surface area contributed by atoms with Crippen LogP contribution in [-0.4, -0.2) is 45.8 Å². The van der Waals surface area contributed by atoms with Crippen molar-refractivity contribution in [1.29, 1.82) is 0 Å². The number of allylic oxidation sites excluding steroid dienone is 2. The fraction of sp³-hybridized carbons (Fsp3) is 0.239. The van der Waals surface area contributed by atoms with Gasteiger partial charge in [-0.2, -0.15) is 0 Å². The van der Waals surface area contributed by atoms with Crippen LogP contribution in [0.1, 0.15) is 208 Å². The van der Waals surface area contributed by atoms with Gasteiger partial charge in [-0.15, -0.1) is 249 Å². The first kappa shape index (κ1) is 86.5. The van der Waals surface area contributed by atoms with Gasteiger partial charge in [0.2, 0.25) is 0 Å². The Morgan fingerprint density at radius 1 is 0.333 bits per heavy atom. The summed E-state index contributed by atoms with van der Waals surface area (Å²) in [5, 5.41) is 11.6. The van der Waals surface area contributed by atoms with Crippen LogP contribution < -0.4 is 0 Å². The predicted molar refractivity (Wildman–Crippen MR) is 596 cm³/mol. The summed E-state index contributed by atoms with van der Waals surface area (Å²) in [5.74, 6) is 1.07. The molecule has 9 nitrogen and oxygen atoms in total.